The molecule has 0 unspecified atom stereocenters. The first-order valence-electron chi connectivity index (χ1n) is 10.6. The average molecular weight is 536 g/mol. The largest absolute Gasteiger partial charge is 0.368 e. The zero-order chi connectivity index (χ0) is 25.1. The van der Waals surface area contributed by atoms with Crippen LogP contribution in [0.1, 0.15) is 10.4 Å². The van der Waals surface area contributed by atoms with Gasteiger partial charge in [-0.1, -0.05) is 11.6 Å². The van der Waals surface area contributed by atoms with E-state index in [-0.39, 0.29) is 11.6 Å². The summed E-state index contributed by atoms with van der Waals surface area (Å²) in [6, 6.07) is 11.8. The standard InChI is InChI=1S/C23H21Cl3N6O3/c1-30-13-16(32(34)35)12-21(30)22-28-18-4-2-14(10-19(18)29-22)23(33)27-15-3-5-20(17(26)11-15)31(8-6-24)9-7-25/h2-5,10-13H,6-9H2,1H3,(H,27,33)(H,28,29). The average Bonchev–Trinajstić information content (AvgIpc) is 3.42. The van der Waals surface area contributed by atoms with E-state index in [1.165, 1.54) is 12.3 Å². The van der Waals surface area contributed by atoms with E-state index >= 15 is 0 Å². The Morgan fingerprint density at radius 3 is 2.54 bits per heavy atom. The van der Waals surface area contributed by atoms with Crippen LogP contribution in [0.4, 0.5) is 17.1 Å². The molecule has 0 spiro atoms. The lowest BCUT2D eigenvalue weighted by molar-refractivity contribution is -0.384. The third-order valence-electron chi connectivity index (χ3n) is 5.44. The summed E-state index contributed by atoms with van der Waals surface area (Å²) in [6.45, 7) is 1.20. The van der Waals surface area contributed by atoms with Gasteiger partial charge in [-0.15, -0.1) is 23.2 Å². The van der Waals surface area contributed by atoms with Crippen molar-refractivity contribution < 1.29 is 9.72 Å². The number of hydrogen-bond donors (Lipinski definition) is 2. The van der Waals surface area contributed by atoms with E-state index in [1.54, 1.807) is 41.9 Å². The first-order valence-corrected chi connectivity index (χ1v) is 12.0. The third kappa shape index (κ3) is 5.37. The van der Waals surface area contributed by atoms with E-state index in [0.29, 0.717) is 63.7 Å². The Hall–Kier alpha value is -3.27. The van der Waals surface area contributed by atoms with Crippen molar-refractivity contribution in [2.24, 2.45) is 7.05 Å². The van der Waals surface area contributed by atoms with Crippen molar-refractivity contribution in [3.05, 3.63) is 69.4 Å². The van der Waals surface area contributed by atoms with Gasteiger partial charge in [0.1, 0.15) is 0 Å². The molecule has 0 fully saturated rings. The van der Waals surface area contributed by atoms with Crippen molar-refractivity contribution in [1.29, 1.82) is 0 Å². The number of halogens is 3. The van der Waals surface area contributed by atoms with E-state index in [0.717, 1.165) is 5.69 Å². The SMILES string of the molecule is Cn1cc([N+](=O)[O-])cc1-c1nc2cc(C(=O)Nc3ccc(N(CCCl)CCCl)c(Cl)c3)ccc2[nH]1. The number of hydrogen-bond acceptors (Lipinski definition) is 5. The summed E-state index contributed by atoms with van der Waals surface area (Å²) in [5, 5.41) is 14.4. The van der Waals surface area contributed by atoms with Crippen LogP contribution < -0.4 is 10.2 Å². The van der Waals surface area contributed by atoms with Gasteiger partial charge in [0.15, 0.2) is 5.82 Å². The fourth-order valence-electron chi connectivity index (χ4n) is 3.75. The van der Waals surface area contributed by atoms with E-state index in [2.05, 4.69) is 15.3 Å². The van der Waals surface area contributed by atoms with Gasteiger partial charge >= 0.3 is 0 Å². The van der Waals surface area contributed by atoms with Crippen LogP contribution in [0.5, 0.6) is 0 Å². The number of fused-ring (bicyclic) bond motifs is 1. The first kappa shape index (κ1) is 24.8. The smallest absolute Gasteiger partial charge is 0.287 e. The monoisotopic (exact) mass is 534 g/mol. The number of imidazole rings is 1. The highest BCUT2D eigenvalue weighted by molar-refractivity contribution is 6.33. The van der Waals surface area contributed by atoms with Crippen molar-refractivity contribution in [3.8, 4) is 11.5 Å². The molecule has 0 saturated carbocycles. The zero-order valence-electron chi connectivity index (χ0n) is 18.6. The highest BCUT2D eigenvalue weighted by atomic mass is 35.5. The minimum atomic E-state index is -0.458. The van der Waals surface area contributed by atoms with E-state index in [9.17, 15) is 14.9 Å². The van der Waals surface area contributed by atoms with Gasteiger partial charge < -0.3 is 19.8 Å². The van der Waals surface area contributed by atoms with Crippen molar-refractivity contribution in [1.82, 2.24) is 14.5 Å². The zero-order valence-corrected chi connectivity index (χ0v) is 20.9. The molecule has 9 nitrogen and oxygen atoms in total. The number of rotatable bonds is 9. The minimum Gasteiger partial charge on any atom is -0.368 e. The number of anilines is 2. The van der Waals surface area contributed by atoms with Gasteiger partial charge in [0.05, 0.1) is 38.6 Å². The topological polar surface area (TPSA) is 109 Å². The van der Waals surface area contributed by atoms with E-state index in [1.807, 2.05) is 11.0 Å². The lowest BCUT2D eigenvalue weighted by atomic mass is 10.1. The maximum absolute atomic E-state index is 12.9. The van der Waals surface area contributed by atoms with E-state index < -0.39 is 4.92 Å². The predicted octanol–water partition coefficient (Wildman–Crippen LogP) is 5.67. The molecule has 12 heteroatoms. The first-order chi connectivity index (χ1) is 16.8. The molecule has 0 radical (unpaired) electrons. The number of nitrogens with one attached hydrogen (secondary N) is 2. The second kappa shape index (κ2) is 10.6. The highest BCUT2D eigenvalue weighted by Gasteiger charge is 2.17. The molecule has 2 N–H and O–H groups in total. The number of aromatic nitrogens is 3. The van der Waals surface area contributed by atoms with Crippen LogP contribution in [0.3, 0.4) is 0 Å². The molecule has 1 amide bonds. The molecule has 182 valence electrons. The number of alkyl halides is 2. The lowest BCUT2D eigenvalue weighted by Gasteiger charge is -2.24. The number of carbonyl (C=O) groups excluding carboxylic acids is 1. The Morgan fingerprint density at radius 1 is 1.17 bits per heavy atom. The molecule has 2 aromatic heterocycles. The molecular formula is C23H21Cl3N6O3. The van der Waals surface area contributed by atoms with E-state index in [4.69, 9.17) is 34.8 Å². The second-order valence-corrected chi connectivity index (χ2v) is 8.92. The van der Waals surface area contributed by atoms with Crippen LogP contribution in [0.2, 0.25) is 5.02 Å². The summed E-state index contributed by atoms with van der Waals surface area (Å²) in [5.74, 6) is 1.01. The van der Waals surface area contributed by atoms with Crippen LogP contribution in [0.15, 0.2) is 48.7 Å². The van der Waals surface area contributed by atoms with Crippen LogP contribution in [-0.4, -0.2) is 50.2 Å². The fourth-order valence-corrected chi connectivity index (χ4v) is 4.46. The predicted molar refractivity (Wildman–Crippen MR) is 140 cm³/mol. The van der Waals surface area contributed by atoms with Crippen LogP contribution in [0, 0.1) is 10.1 Å². The number of nitrogens with zero attached hydrogens (tertiary/aromatic N) is 4. The second-order valence-electron chi connectivity index (χ2n) is 7.75. The number of nitro groups is 1. The van der Waals surface area contributed by atoms with Gasteiger partial charge in [0.25, 0.3) is 11.6 Å². The molecule has 0 aliphatic rings. The van der Waals surface area contributed by atoms with Crippen molar-refractivity contribution in [3.63, 3.8) is 0 Å². The molecule has 0 atom stereocenters. The third-order valence-corrected chi connectivity index (χ3v) is 6.09. The number of aromatic amines is 1. The molecule has 2 heterocycles. The van der Waals surface area contributed by atoms with Crippen molar-refractivity contribution in [2.45, 2.75) is 0 Å². The maximum atomic E-state index is 12.9. The number of amides is 1. The summed E-state index contributed by atoms with van der Waals surface area (Å²) in [6.07, 6.45) is 1.42. The summed E-state index contributed by atoms with van der Waals surface area (Å²) >= 11 is 18.2. The number of benzene rings is 2. The summed E-state index contributed by atoms with van der Waals surface area (Å²) < 4.78 is 1.62. The molecule has 2 aromatic carbocycles. The molecule has 4 rings (SSSR count). The van der Waals surface area contributed by atoms with Crippen molar-refractivity contribution >= 4 is 68.8 Å². The Kier molecular flexibility index (Phi) is 7.49. The summed E-state index contributed by atoms with van der Waals surface area (Å²) in [5.41, 5.74) is 3.53. The number of aryl methyl sites for hydroxylation is 1. The Morgan fingerprint density at radius 2 is 1.91 bits per heavy atom. The minimum absolute atomic E-state index is 0.0267. The quantitative estimate of drug-likeness (QED) is 0.163. The molecule has 0 aliphatic carbocycles. The molecule has 0 bridgehead atoms. The molecule has 35 heavy (non-hydrogen) atoms. The lowest BCUT2D eigenvalue weighted by Crippen LogP contribution is -2.27. The van der Waals surface area contributed by atoms with Crippen LogP contribution >= 0.6 is 34.8 Å². The molecule has 0 saturated heterocycles. The highest BCUT2D eigenvalue weighted by Crippen LogP contribution is 2.30. The number of H-pyrrole nitrogens is 1. The van der Waals surface area contributed by atoms with Gasteiger partial charge in [0.2, 0.25) is 0 Å². The summed E-state index contributed by atoms with van der Waals surface area (Å²) in [7, 11) is 1.70. The van der Waals surface area contributed by atoms with Crippen molar-refractivity contribution in [2.75, 3.05) is 35.1 Å². The normalized spacial score (nSPS) is 11.1. The Bertz CT molecular complexity index is 1390. The summed E-state index contributed by atoms with van der Waals surface area (Å²) in [4.78, 5) is 33.1. The molecule has 0 aliphatic heterocycles. The van der Waals surface area contributed by atoms with Gasteiger partial charge in [-0.25, -0.2) is 4.98 Å². The Balaban J connectivity index is 1.54. The van der Waals surface area contributed by atoms with Crippen LogP contribution in [0.25, 0.3) is 22.6 Å². The van der Waals surface area contributed by atoms with Gasteiger partial charge in [-0.05, 0) is 36.4 Å². The number of carbonyl (C=O) groups is 1. The maximum Gasteiger partial charge on any atom is 0.287 e. The van der Waals surface area contributed by atoms with Gasteiger partial charge in [0, 0.05) is 49.2 Å². The van der Waals surface area contributed by atoms with Gasteiger partial charge in [-0.2, -0.15) is 0 Å². The van der Waals surface area contributed by atoms with Crippen LogP contribution in [-0.2, 0) is 7.05 Å². The molecule has 4 aromatic rings. The Labute approximate surface area is 215 Å². The van der Waals surface area contributed by atoms with Gasteiger partial charge in [-0.3, -0.25) is 14.9 Å². The molecular weight excluding hydrogens is 515 g/mol. The fraction of sp³-hybridized carbons (Fsp3) is 0.217.